The minimum absolute atomic E-state index is 0.121. The van der Waals surface area contributed by atoms with Gasteiger partial charge in [0.05, 0.1) is 0 Å². The van der Waals surface area contributed by atoms with Crippen LogP contribution in [0.25, 0.3) is 11.1 Å². The molecule has 2 aliphatic heterocycles. The number of likely N-dealkylation sites (N-methyl/N-ethyl adjacent to an activating group) is 1. The van der Waals surface area contributed by atoms with Crippen molar-refractivity contribution in [2.24, 2.45) is 0 Å². The molecule has 1 amide bonds. The van der Waals surface area contributed by atoms with Gasteiger partial charge in [-0.15, -0.1) is 0 Å². The minimum atomic E-state index is 0.121. The van der Waals surface area contributed by atoms with Gasteiger partial charge in [0.1, 0.15) is 11.8 Å². The monoisotopic (exact) mass is 346 g/mol. The van der Waals surface area contributed by atoms with Crippen molar-refractivity contribution in [1.29, 1.82) is 5.26 Å². The van der Waals surface area contributed by atoms with Crippen molar-refractivity contribution in [1.82, 2.24) is 14.8 Å². The molecule has 1 aromatic carbocycles. The summed E-state index contributed by atoms with van der Waals surface area (Å²) in [5.74, 6) is 0.121. The molecular formula is C21H22N4O. The first kappa shape index (κ1) is 16.7. The van der Waals surface area contributed by atoms with E-state index in [9.17, 15) is 4.79 Å². The van der Waals surface area contributed by atoms with Crippen LogP contribution in [0.1, 0.15) is 35.3 Å². The van der Waals surface area contributed by atoms with E-state index in [-0.39, 0.29) is 5.91 Å². The SMILES string of the molecule is CN1[C@H]2CC[C@@H]1CN(C(=O)c1ccc(-c3ccc(C#N)nc3)cc1)CC2. The Morgan fingerprint density at radius 3 is 2.50 bits per heavy atom. The van der Waals surface area contributed by atoms with Crippen molar-refractivity contribution in [3.05, 3.63) is 53.9 Å². The maximum absolute atomic E-state index is 12.9. The van der Waals surface area contributed by atoms with Gasteiger partial charge < -0.3 is 4.90 Å². The molecule has 4 rings (SSSR count). The zero-order chi connectivity index (χ0) is 18.1. The molecule has 3 heterocycles. The van der Waals surface area contributed by atoms with Gasteiger partial charge in [0.15, 0.2) is 0 Å². The largest absolute Gasteiger partial charge is 0.337 e. The summed E-state index contributed by atoms with van der Waals surface area (Å²) in [7, 11) is 2.19. The smallest absolute Gasteiger partial charge is 0.253 e. The Hall–Kier alpha value is -2.71. The summed E-state index contributed by atoms with van der Waals surface area (Å²) in [6, 6.07) is 14.4. The summed E-state index contributed by atoms with van der Waals surface area (Å²) in [4.78, 5) is 21.5. The van der Waals surface area contributed by atoms with Gasteiger partial charge in [-0.2, -0.15) is 5.26 Å². The minimum Gasteiger partial charge on any atom is -0.337 e. The number of amides is 1. The Morgan fingerprint density at radius 1 is 1.08 bits per heavy atom. The number of nitriles is 1. The summed E-state index contributed by atoms with van der Waals surface area (Å²) >= 11 is 0. The number of hydrogen-bond acceptors (Lipinski definition) is 4. The van der Waals surface area contributed by atoms with Gasteiger partial charge in [-0.25, -0.2) is 4.98 Å². The summed E-state index contributed by atoms with van der Waals surface area (Å²) in [6.45, 7) is 1.67. The zero-order valence-corrected chi connectivity index (χ0v) is 14.9. The van der Waals surface area contributed by atoms with Crippen molar-refractivity contribution in [3.8, 4) is 17.2 Å². The Balaban J connectivity index is 1.49. The molecule has 132 valence electrons. The fraction of sp³-hybridized carbons (Fsp3) is 0.381. The van der Waals surface area contributed by atoms with E-state index in [0.29, 0.717) is 17.8 Å². The summed E-state index contributed by atoms with van der Waals surface area (Å²) in [6.07, 6.45) is 5.20. The highest BCUT2D eigenvalue weighted by Crippen LogP contribution is 2.29. The third-order valence-electron chi connectivity index (χ3n) is 5.78. The van der Waals surface area contributed by atoms with Gasteiger partial charge in [0, 0.05) is 42.5 Å². The van der Waals surface area contributed by atoms with Crippen molar-refractivity contribution in [2.45, 2.75) is 31.3 Å². The van der Waals surface area contributed by atoms with Crippen LogP contribution in [0.3, 0.4) is 0 Å². The number of likely N-dealkylation sites (tertiary alicyclic amines) is 1. The molecule has 0 N–H and O–H groups in total. The quantitative estimate of drug-likeness (QED) is 0.839. The lowest BCUT2D eigenvalue weighted by molar-refractivity contribution is 0.0740. The summed E-state index contributed by atoms with van der Waals surface area (Å²) < 4.78 is 0. The van der Waals surface area contributed by atoms with Crippen LogP contribution in [0.2, 0.25) is 0 Å². The number of aromatic nitrogens is 1. The molecule has 0 radical (unpaired) electrons. The standard InChI is InChI=1S/C21H22N4O/c1-24-19-8-9-20(24)14-25(11-10-19)21(26)16-4-2-15(3-5-16)17-6-7-18(12-22)23-13-17/h2-7,13,19-20H,8-11,14H2,1H3/t19-,20+/m0/s1. The van der Waals surface area contributed by atoms with Gasteiger partial charge in [0.2, 0.25) is 0 Å². The van der Waals surface area contributed by atoms with Crippen LogP contribution in [-0.2, 0) is 0 Å². The van der Waals surface area contributed by atoms with Crippen LogP contribution in [0.4, 0.5) is 0 Å². The summed E-state index contributed by atoms with van der Waals surface area (Å²) in [5.41, 5.74) is 3.07. The van der Waals surface area contributed by atoms with E-state index in [4.69, 9.17) is 5.26 Å². The Kier molecular flexibility index (Phi) is 4.44. The molecule has 2 fully saturated rings. The van der Waals surface area contributed by atoms with Crippen LogP contribution in [0.5, 0.6) is 0 Å². The highest BCUT2D eigenvalue weighted by atomic mass is 16.2. The van der Waals surface area contributed by atoms with Crippen molar-refractivity contribution in [2.75, 3.05) is 20.1 Å². The van der Waals surface area contributed by atoms with Crippen LogP contribution < -0.4 is 0 Å². The molecule has 2 aromatic rings. The van der Waals surface area contributed by atoms with E-state index in [1.165, 1.54) is 12.8 Å². The molecule has 5 nitrogen and oxygen atoms in total. The Morgan fingerprint density at radius 2 is 1.81 bits per heavy atom. The first-order valence-electron chi connectivity index (χ1n) is 9.13. The molecule has 5 heteroatoms. The molecule has 0 unspecified atom stereocenters. The predicted molar refractivity (Wildman–Crippen MR) is 99.5 cm³/mol. The fourth-order valence-electron chi connectivity index (χ4n) is 4.11. The highest BCUT2D eigenvalue weighted by Gasteiger charge is 2.36. The van der Waals surface area contributed by atoms with Gasteiger partial charge in [-0.1, -0.05) is 12.1 Å². The van der Waals surface area contributed by atoms with E-state index in [1.54, 1.807) is 12.3 Å². The number of fused-ring (bicyclic) bond motifs is 2. The maximum Gasteiger partial charge on any atom is 0.253 e. The number of rotatable bonds is 2. The van der Waals surface area contributed by atoms with E-state index in [2.05, 4.69) is 16.9 Å². The fourth-order valence-corrected chi connectivity index (χ4v) is 4.11. The second-order valence-corrected chi connectivity index (χ2v) is 7.21. The van der Waals surface area contributed by atoms with Crippen LogP contribution in [0, 0.1) is 11.3 Å². The van der Waals surface area contributed by atoms with Gasteiger partial charge in [-0.3, -0.25) is 9.69 Å². The van der Waals surface area contributed by atoms with E-state index < -0.39 is 0 Å². The number of nitrogens with zero attached hydrogens (tertiary/aromatic N) is 4. The lowest BCUT2D eigenvalue weighted by Crippen LogP contribution is -2.39. The van der Waals surface area contributed by atoms with Crippen LogP contribution in [-0.4, -0.2) is 52.9 Å². The molecule has 1 aromatic heterocycles. The third kappa shape index (κ3) is 3.09. The lowest BCUT2D eigenvalue weighted by Gasteiger charge is -2.26. The first-order chi connectivity index (χ1) is 12.7. The molecule has 2 bridgehead atoms. The normalized spacial score (nSPS) is 22.7. The molecule has 2 atom stereocenters. The first-order valence-corrected chi connectivity index (χ1v) is 9.13. The van der Waals surface area contributed by atoms with Gasteiger partial charge in [0.25, 0.3) is 5.91 Å². The van der Waals surface area contributed by atoms with Crippen molar-refractivity contribution < 1.29 is 4.79 Å². The molecular weight excluding hydrogens is 324 g/mol. The molecule has 2 saturated heterocycles. The molecule has 0 saturated carbocycles. The summed E-state index contributed by atoms with van der Waals surface area (Å²) in [5, 5.41) is 8.84. The molecule has 0 aliphatic carbocycles. The van der Waals surface area contributed by atoms with Crippen molar-refractivity contribution in [3.63, 3.8) is 0 Å². The van der Waals surface area contributed by atoms with Gasteiger partial charge in [-0.05, 0) is 56.1 Å². The number of benzene rings is 1. The highest BCUT2D eigenvalue weighted by molar-refractivity contribution is 5.94. The topological polar surface area (TPSA) is 60.2 Å². The maximum atomic E-state index is 12.9. The van der Waals surface area contributed by atoms with E-state index in [1.807, 2.05) is 41.3 Å². The molecule has 26 heavy (non-hydrogen) atoms. The second kappa shape index (κ2) is 6.89. The average Bonchev–Trinajstić information content (AvgIpc) is 2.93. The zero-order valence-electron chi connectivity index (χ0n) is 14.9. The molecule has 0 spiro atoms. The number of carbonyl (C=O) groups is 1. The third-order valence-corrected chi connectivity index (χ3v) is 5.78. The van der Waals surface area contributed by atoms with Gasteiger partial charge >= 0.3 is 0 Å². The van der Waals surface area contributed by atoms with Crippen LogP contribution >= 0.6 is 0 Å². The number of hydrogen-bond donors (Lipinski definition) is 0. The molecule has 2 aliphatic rings. The van der Waals surface area contributed by atoms with E-state index >= 15 is 0 Å². The Bertz CT molecular complexity index is 838. The van der Waals surface area contributed by atoms with E-state index in [0.717, 1.165) is 36.2 Å². The number of pyridine rings is 1. The van der Waals surface area contributed by atoms with Crippen LogP contribution in [0.15, 0.2) is 42.6 Å². The number of carbonyl (C=O) groups excluding carboxylic acids is 1. The average molecular weight is 346 g/mol. The Labute approximate surface area is 153 Å². The van der Waals surface area contributed by atoms with Crippen molar-refractivity contribution >= 4 is 5.91 Å². The second-order valence-electron chi connectivity index (χ2n) is 7.21. The predicted octanol–water partition coefficient (Wildman–Crippen LogP) is 2.93. The lowest BCUT2D eigenvalue weighted by atomic mass is 10.0.